The highest BCUT2D eigenvalue weighted by Gasteiger charge is 2.27. The number of sulfonamides is 1. The van der Waals surface area contributed by atoms with E-state index in [0.717, 1.165) is 6.26 Å². The van der Waals surface area contributed by atoms with E-state index in [2.05, 4.69) is 5.32 Å². The van der Waals surface area contributed by atoms with Gasteiger partial charge in [-0.3, -0.25) is 14.4 Å². The maximum absolute atomic E-state index is 12.2. The lowest BCUT2D eigenvalue weighted by molar-refractivity contribution is -0.127. The molecule has 1 aliphatic rings. The van der Waals surface area contributed by atoms with Crippen LogP contribution in [0, 0.1) is 0 Å². The third kappa shape index (κ3) is 4.27. The number of ether oxygens (including phenoxy) is 1. The van der Waals surface area contributed by atoms with Crippen LogP contribution in [0.4, 0.5) is 10.5 Å². The smallest absolute Gasteiger partial charge is 0.338 e. The Kier molecular flexibility index (Phi) is 5.31. The minimum Gasteiger partial charge on any atom is -0.449 e. The Morgan fingerprint density at radius 1 is 1.28 bits per heavy atom. The largest absolute Gasteiger partial charge is 0.449 e. The first-order valence-corrected chi connectivity index (χ1v) is 9.32. The predicted molar refractivity (Wildman–Crippen MR) is 89.8 cm³/mol. The fourth-order valence-corrected chi connectivity index (χ4v) is 3.36. The number of urea groups is 1. The number of hydrogen-bond acceptors (Lipinski definition) is 6. The zero-order valence-electron chi connectivity index (χ0n) is 14.0. The molecule has 1 aromatic rings. The van der Waals surface area contributed by atoms with Crippen LogP contribution in [0.2, 0.25) is 0 Å². The van der Waals surface area contributed by atoms with Crippen LogP contribution >= 0.6 is 0 Å². The van der Waals surface area contributed by atoms with Gasteiger partial charge in [-0.1, -0.05) is 0 Å². The second-order valence-electron chi connectivity index (χ2n) is 5.54. The zero-order valence-corrected chi connectivity index (χ0v) is 14.8. The Balaban J connectivity index is 2.09. The first-order chi connectivity index (χ1) is 11.6. The van der Waals surface area contributed by atoms with Gasteiger partial charge < -0.3 is 10.1 Å². The first kappa shape index (κ1) is 18.7. The topological polar surface area (TPSA) is 122 Å². The van der Waals surface area contributed by atoms with Crippen molar-refractivity contribution < 1.29 is 27.5 Å². The van der Waals surface area contributed by atoms with E-state index in [1.807, 2.05) is 5.32 Å². The molecular formula is C15H19N3O6S. The standard InChI is InChI=1S/C15H19N3O6S/c1-9(13(19)17-15(21)16-2)24-14(20)11-4-5-12-10(8-11)6-7-18(12)25(3,22)23/h4-5,8-9H,6-7H2,1-3H3,(H2,16,17,19,21). The number of nitrogens with one attached hydrogen (secondary N) is 2. The van der Waals surface area contributed by atoms with Gasteiger partial charge in [-0.15, -0.1) is 0 Å². The summed E-state index contributed by atoms with van der Waals surface area (Å²) in [5.74, 6) is -1.49. The lowest BCUT2D eigenvalue weighted by atomic mass is 10.1. The minimum atomic E-state index is -3.37. The summed E-state index contributed by atoms with van der Waals surface area (Å²) in [6.07, 6.45) is 0.443. The summed E-state index contributed by atoms with van der Waals surface area (Å²) in [5.41, 5.74) is 1.44. The molecule has 25 heavy (non-hydrogen) atoms. The normalized spacial score (nSPS) is 14.4. The van der Waals surface area contributed by atoms with Crippen molar-refractivity contribution in [3.63, 3.8) is 0 Å². The van der Waals surface area contributed by atoms with Gasteiger partial charge in [0, 0.05) is 13.6 Å². The van der Waals surface area contributed by atoms with Crippen LogP contribution in [-0.4, -0.2) is 52.3 Å². The highest BCUT2D eigenvalue weighted by Crippen LogP contribution is 2.30. The van der Waals surface area contributed by atoms with Crippen molar-refractivity contribution in [1.82, 2.24) is 10.6 Å². The highest BCUT2D eigenvalue weighted by molar-refractivity contribution is 7.92. The molecule has 1 aromatic carbocycles. The van der Waals surface area contributed by atoms with E-state index in [-0.39, 0.29) is 5.56 Å². The summed E-state index contributed by atoms with van der Waals surface area (Å²) in [5, 5.41) is 4.23. The third-order valence-corrected chi connectivity index (χ3v) is 4.87. The predicted octanol–water partition coefficient (Wildman–Crippen LogP) is 0.00960. The van der Waals surface area contributed by atoms with Crippen molar-refractivity contribution in [1.29, 1.82) is 0 Å². The van der Waals surface area contributed by atoms with Crippen LogP contribution in [0.3, 0.4) is 0 Å². The van der Waals surface area contributed by atoms with Crippen molar-refractivity contribution >= 4 is 33.6 Å². The molecule has 0 aromatic heterocycles. The Bertz CT molecular complexity index is 821. The highest BCUT2D eigenvalue weighted by atomic mass is 32.2. The quantitative estimate of drug-likeness (QED) is 0.721. The lowest BCUT2D eigenvalue weighted by Gasteiger charge is -2.17. The number of nitrogens with zero attached hydrogens (tertiary/aromatic N) is 1. The monoisotopic (exact) mass is 369 g/mol. The van der Waals surface area contributed by atoms with Crippen molar-refractivity contribution in [3.05, 3.63) is 29.3 Å². The van der Waals surface area contributed by atoms with Crippen LogP contribution in [0.1, 0.15) is 22.8 Å². The van der Waals surface area contributed by atoms with E-state index < -0.39 is 34.0 Å². The maximum Gasteiger partial charge on any atom is 0.338 e. The van der Waals surface area contributed by atoms with Gasteiger partial charge in [-0.2, -0.15) is 0 Å². The number of carbonyl (C=O) groups excluding carboxylic acids is 3. The van der Waals surface area contributed by atoms with Crippen LogP contribution < -0.4 is 14.9 Å². The second-order valence-corrected chi connectivity index (χ2v) is 7.45. The molecule has 2 N–H and O–H groups in total. The molecule has 0 fully saturated rings. The molecule has 0 bridgehead atoms. The number of esters is 1. The van der Waals surface area contributed by atoms with Crippen LogP contribution in [0.5, 0.6) is 0 Å². The molecule has 0 radical (unpaired) electrons. The molecule has 1 atom stereocenters. The van der Waals surface area contributed by atoms with Crippen molar-refractivity contribution in [2.75, 3.05) is 24.2 Å². The molecule has 3 amide bonds. The van der Waals surface area contributed by atoms with Gasteiger partial charge in [-0.05, 0) is 37.1 Å². The summed E-state index contributed by atoms with van der Waals surface area (Å²) >= 11 is 0. The number of carbonyl (C=O) groups is 3. The average Bonchev–Trinajstić information content (AvgIpc) is 2.97. The van der Waals surface area contributed by atoms with E-state index in [0.29, 0.717) is 24.2 Å². The number of hydrogen-bond donors (Lipinski definition) is 2. The third-order valence-electron chi connectivity index (χ3n) is 3.69. The molecule has 1 unspecified atom stereocenters. The van der Waals surface area contributed by atoms with Gasteiger partial charge in [0.2, 0.25) is 10.0 Å². The number of rotatable bonds is 4. The van der Waals surface area contributed by atoms with Gasteiger partial charge in [-0.25, -0.2) is 18.0 Å². The minimum absolute atomic E-state index is 0.202. The molecule has 136 valence electrons. The van der Waals surface area contributed by atoms with E-state index >= 15 is 0 Å². The summed E-state index contributed by atoms with van der Waals surface area (Å²) in [7, 11) is -2.02. The van der Waals surface area contributed by atoms with Gasteiger partial charge in [0.1, 0.15) is 0 Å². The summed E-state index contributed by atoms with van der Waals surface area (Å²) in [4.78, 5) is 34.9. The molecule has 0 saturated heterocycles. The summed E-state index contributed by atoms with van der Waals surface area (Å²) in [6, 6.07) is 3.82. The van der Waals surface area contributed by atoms with Crippen molar-refractivity contribution in [3.8, 4) is 0 Å². The second kappa shape index (κ2) is 7.09. The number of amides is 3. The first-order valence-electron chi connectivity index (χ1n) is 7.47. The molecule has 0 spiro atoms. The van der Waals surface area contributed by atoms with Crippen molar-refractivity contribution in [2.24, 2.45) is 0 Å². The molecule has 0 aliphatic carbocycles. The zero-order chi connectivity index (χ0) is 18.8. The summed E-state index contributed by atoms with van der Waals surface area (Å²) < 4.78 is 29.7. The van der Waals surface area contributed by atoms with Gasteiger partial charge in [0.15, 0.2) is 6.10 Å². The Morgan fingerprint density at radius 3 is 2.56 bits per heavy atom. The molecule has 10 heteroatoms. The van der Waals surface area contributed by atoms with Gasteiger partial charge in [0.05, 0.1) is 17.5 Å². The van der Waals surface area contributed by atoms with Crippen LogP contribution in [0.15, 0.2) is 18.2 Å². The summed E-state index contributed by atoms with van der Waals surface area (Å²) in [6.45, 7) is 1.66. The van der Waals surface area contributed by atoms with E-state index in [1.54, 1.807) is 6.07 Å². The molecule has 0 saturated carbocycles. The molecule has 1 heterocycles. The van der Waals surface area contributed by atoms with E-state index in [4.69, 9.17) is 4.74 Å². The van der Waals surface area contributed by atoms with Crippen LogP contribution in [-0.2, 0) is 26.0 Å². The average molecular weight is 369 g/mol. The number of benzene rings is 1. The fourth-order valence-electron chi connectivity index (χ4n) is 2.40. The fraction of sp³-hybridized carbons (Fsp3) is 0.400. The Labute approximate surface area is 145 Å². The van der Waals surface area contributed by atoms with Crippen molar-refractivity contribution in [2.45, 2.75) is 19.4 Å². The van der Waals surface area contributed by atoms with Crippen LogP contribution in [0.25, 0.3) is 0 Å². The van der Waals surface area contributed by atoms with Gasteiger partial charge >= 0.3 is 12.0 Å². The Hall–Kier alpha value is -2.62. The Morgan fingerprint density at radius 2 is 1.96 bits per heavy atom. The lowest BCUT2D eigenvalue weighted by Crippen LogP contribution is -2.43. The molecule has 2 rings (SSSR count). The maximum atomic E-state index is 12.2. The molecular weight excluding hydrogens is 350 g/mol. The van der Waals surface area contributed by atoms with E-state index in [9.17, 15) is 22.8 Å². The van der Waals surface area contributed by atoms with Gasteiger partial charge in [0.25, 0.3) is 5.91 Å². The molecule has 9 nitrogen and oxygen atoms in total. The number of anilines is 1. The number of imide groups is 1. The van der Waals surface area contributed by atoms with E-state index in [1.165, 1.54) is 30.4 Å². The number of fused-ring (bicyclic) bond motifs is 1. The SMILES string of the molecule is CNC(=O)NC(=O)C(C)OC(=O)c1ccc2c(c1)CCN2S(C)(=O)=O. The molecule has 1 aliphatic heterocycles.